The van der Waals surface area contributed by atoms with Gasteiger partial charge in [-0.25, -0.2) is 4.68 Å². The monoisotopic (exact) mass is 259 g/mol. The summed E-state index contributed by atoms with van der Waals surface area (Å²) in [6.45, 7) is 3.72. The van der Waals surface area contributed by atoms with Crippen molar-refractivity contribution in [3.05, 3.63) is 30.1 Å². The van der Waals surface area contributed by atoms with Gasteiger partial charge in [0.15, 0.2) is 0 Å². The molecule has 1 aliphatic heterocycles. The zero-order valence-corrected chi connectivity index (χ0v) is 10.9. The summed E-state index contributed by atoms with van der Waals surface area (Å²) in [5, 5.41) is 14.9. The number of tetrazole rings is 1. The molecule has 1 N–H and O–H groups in total. The van der Waals surface area contributed by atoms with Crippen LogP contribution in [0, 0.1) is 6.92 Å². The zero-order chi connectivity index (χ0) is 13.1. The van der Waals surface area contributed by atoms with Gasteiger partial charge in [-0.3, -0.25) is 0 Å². The van der Waals surface area contributed by atoms with E-state index in [2.05, 4.69) is 46.0 Å². The van der Waals surface area contributed by atoms with Crippen LogP contribution in [0.15, 0.2) is 24.5 Å². The van der Waals surface area contributed by atoms with Gasteiger partial charge in [-0.1, -0.05) is 6.07 Å². The Morgan fingerprint density at radius 2 is 2.16 bits per heavy atom. The van der Waals surface area contributed by atoms with Crippen molar-refractivity contribution in [1.82, 2.24) is 20.2 Å². The maximum Gasteiger partial charge on any atom is 0.143 e. The molecule has 1 saturated heterocycles. The fraction of sp³-hybridized carbons (Fsp3) is 0.462. The van der Waals surface area contributed by atoms with Gasteiger partial charge in [0.25, 0.3) is 0 Å². The predicted octanol–water partition coefficient (Wildman–Crippen LogP) is 1.56. The summed E-state index contributed by atoms with van der Waals surface area (Å²) < 4.78 is 7.05. The van der Waals surface area contributed by atoms with Crippen LogP contribution in [0.1, 0.15) is 18.4 Å². The highest BCUT2D eigenvalue weighted by Gasteiger charge is 2.14. The number of aromatic nitrogens is 4. The lowest BCUT2D eigenvalue weighted by atomic mass is 10.1. The minimum absolute atomic E-state index is 0.484. The number of anilines is 1. The van der Waals surface area contributed by atoms with Gasteiger partial charge in [-0.2, -0.15) is 0 Å². The molecule has 1 aliphatic rings. The van der Waals surface area contributed by atoms with Crippen LogP contribution < -0.4 is 5.32 Å². The predicted molar refractivity (Wildman–Crippen MR) is 71.4 cm³/mol. The van der Waals surface area contributed by atoms with Crippen molar-refractivity contribution in [3.8, 4) is 5.69 Å². The van der Waals surface area contributed by atoms with Gasteiger partial charge in [-0.15, -0.1) is 5.10 Å². The molecule has 3 rings (SSSR count). The van der Waals surface area contributed by atoms with Gasteiger partial charge in [-0.05, 0) is 47.9 Å². The quantitative estimate of drug-likeness (QED) is 0.906. The SMILES string of the molecule is Cc1ccc(NC2CCOCC2)cc1-n1cnnn1. The van der Waals surface area contributed by atoms with Crippen LogP contribution in [0.4, 0.5) is 5.69 Å². The van der Waals surface area contributed by atoms with Gasteiger partial charge in [0.2, 0.25) is 0 Å². The summed E-state index contributed by atoms with van der Waals surface area (Å²) in [4.78, 5) is 0. The maximum absolute atomic E-state index is 5.37. The molecule has 1 aromatic carbocycles. The van der Waals surface area contributed by atoms with Crippen LogP contribution in [0.5, 0.6) is 0 Å². The van der Waals surface area contributed by atoms with Gasteiger partial charge >= 0.3 is 0 Å². The third-order valence-corrected chi connectivity index (χ3v) is 3.40. The van der Waals surface area contributed by atoms with E-state index in [0.717, 1.165) is 43.0 Å². The first-order valence-electron chi connectivity index (χ1n) is 6.51. The van der Waals surface area contributed by atoms with Crippen molar-refractivity contribution in [2.45, 2.75) is 25.8 Å². The van der Waals surface area contributed by atoms with Crippen LogP contribution in [0.25, 0.3) is 5.69 Å². The van der Waals surface area contributed by atoms with E-state index >= 15 is 0 Å². The van der Waals surface area contributed by atoms with Crippen molar-refractivity contribution >= 4 is 5.69 Å². The lowest BCUT2D eigenvalue weighted by Crippen LogP contribution is -2.27. The molecule has 0 aliphatic carbocycles. The molecule has 100 valence electrons. The van der Waals surface area contributed by atoms with Crippen molar-refractivity contribution in [2.24, 2.45) is 0 Å². The second-order valence-corrected chi connectivity index (χ2v) is 4.79. The van der Waals surface area contributed by atoms with E-state index in [1.165, 1.54) is 0 Å². The Morgan fingerprint density at radius 1 is 1.32 bits per heavy atom. The van der Waals surface area contributed by atoms with E-state index in [1.807, 2.05) is 0 Å². The molecule has 0 amide bonds. The standard InChI is InChI=1S/C13H17N5O/c1-10-2-3-12(15-11-4-6-19-7-5-11)8-13(10)18-9-14-16-17-18/h2-3,8-9,11,15H,4-7H2,1H3. The number of ether oxygens (including phenoxy) is 1. The highest BCUT2D eigenvalue weighted by Crippen LogP contribution is 2.21. The molecular formula is C13H17N5O. The van der Waals surface area contributed by atoms with Gasteiger partial charge in [0, 0.05) is 24.9 Å². The van der Waals surface area contributed by atoms with Crippen LogP contribution in [0.3, 0.4) is 0 Å². The first kappa shape index (κ1) is 12.1. The van der Waals surface area contributed by atoms with E-state index in [4.69, 9.17) is 4.74 Å². The van der Waals surface area contributed by atoms with Crippen LogP contribution in [-0.2, 0) is 4.74 Å². The molecule has 0 spiro atoms. The number of nitrogens with zero attached hydrogens (tertiary/aromatic N) is 4. The molecule has 0 atom stereocenters. The van der Waals surface area contributed by atoms with Gasteiger partial charge in [0.05, 0.1) is 5.69 Å². The molecule has 2 aromatic rings. The highest BCUT2D eigenvalue weighted by molar-refractivity contribution is 5.54. The van der Waals surface area contributed by atoms with Crippen LogP contribution >= 0.6 is 0 Å². The summed E-state index contributed by atoms with van der Waals surface area (Å²) in [5.74, 6) is 0. The first-order valence-corrected chi connectivity index (χ1v) is 6.51. The Labute approximate surface area is 111 Å². The molecule has 1 fully saturated rings. The second-order valence-electron chi connectivity index (χ2n) is 4.79. The van der Waals surface area contributed by atoms with E-state index in [0.29, 0.717) is 6.04 Å². The lowest BCUT2D eigenvalue weighted by molar-refractivity contribution is 0.0904. The smallest absolute Gasteiger partial charge is 0.143 e. The summed E-state index contributed by atoms with van der Waals surface area (Å²) in [6, 6.07) is 6.75. The lowest BCUT2D eigenvalue weighted by Gasteiger charge is -2.24. The largest absolute Gasteiger partial charge is 0.382 e. The molecule has 0 saturated carbocycles. The minimum atomic E-state index is 0.484. The third-order valence-electron chi connectivity index (χ3n) is 3.40. The van der Waals surface area contributed by atoms with E-state index < -0.39 is 0 Å². The maximum atomic E-state index is 5.37. The zero-order valence-electron chi connectivity index (χ0n) is 10.9. The van der Waals surface area contributed by atoms with E-state index in [1.54, 1.807) is 11.0 Å². The molecule has 2 heterocycles. The summed E-state index contributed by atoms with van der Waals surface area (Å²) in [5.41, 5.74) is 3.25. The van der Waals surface area contributed by atoms with Gasteiger partial charge in [0.1, 0.15) is 6.33 Å². The summed E-state index contributed by atoms with van der Waals surface area (Å²) >= 11 is 0. The van der Waals surface area contributed by atoms with Crippen molar-refractivity contribution in [1.29, 1.82) is 0 Å². The second kappa shape index (κ2) is 5.36. The molecule has 1 aromatic heterocycles. The number of hydrogen-bond donors (Lipinski definition) is 1. The van der Waals surface area contributed by atoms with E-state index in [9.17, 15) is 0 Å². The average Bonchev–Trinajstić information content (AvgIpc) is 2.96. The first-order chi connectivity index (χ1) is 9.33. The molecule has 6 nitrogen and oxygen atoms in total. The number of aryl methyl sites for hydroxylation is 1. The topological polar surface area (TPSA) is 64.9 Å². The molecule has 0 bridgehead atoms. The molecule has 0 radical (unpaired) electrons. The Morgan fingerprint density at radius 3 is 2.89 bits per heavy atom. The minimum Gasteiger partial charge on any atom is -0.382 e. The van der Waals surface area contributed by atoms with Crippen molar-refractivity contribution in [3.63, 3.8) is 0 Å². The number of benzene rings is 1. The molecular weight excluding hydrogens is 242 g/mol. The van der Waals surface area contributed by atoms with Gasteiger partial charge < -0.3 is 10.1 Å². The Balaban J connectivity index is 1.81. The van der Waals surface area contributed by atoms with Crippen molar-refractivity contribution < 1.29 is 4.74 Å². The normalized spacial score (nSPS) is 16.5. The Hall–Kier alpha value is -1.95. The molecule has 0 unspecified atom stereocenters. The third kappa shape index (κ3) is 2.73. The van der Waals surface area contributed by atoms with Crippen LogP contribution in [0.2, 0.25) is 0 Å². The fourth-order valence-corrected chi connectivity index (χ4v) is 2.30. The number of rotatable bonds is 3. The number of hydrogen-bond acceptors (Lipinski definition) is 5. The van der Waals surface area contributed by atoms with Crippen molar-refractivity contribution in [2.75, 3.05) is 18.5 Å². The van der Waals surface area contributed by atoms with E-state index in [-0.39, 0.29) is 0 Å². The fourth-order valence-electron chi connectivity index (χ4n) is 2.30. The summed E-state index contributed by atoms with van der Waals surface area (Å²) in [7, 11) is 0. The highest BCUT2D eigenvalue weighted by atomic mass is 16.5. The Bertz CT molecular complexity index is 534. The van der Waals surface area contributed by atoms with Crippen LogP contribution in [-0.4, -0.2) is 39.5 Å². The molecule has 6 heteroatoms. The summed E-state index contributed by atoms with van der Waals surface area (Å²) in [6.07, 6.45) is 3.71. The number of nitrogens with one attached hydrogen (secondary N) is 1. The molecule has 19 heavy (non-hydrogen) atoms. The average molecular weight is 259 g/mol. The Kier molecular flexibility index (Phi) is 3.41.